The zero-order chi connectivity index (χ0) is 15.2. The minimum Gasteiger partial charge on any atom is -0.356 e. The Hall–Kier alpha value is -0.610. The third-order valence-electron chi connectivity index (χ3n) is 5.24. The van der Waals surface area contributed by atoms with Crippen molar-refractivity contribution in [3.63, 3.8) is 0 Å². The Morgan fingerprint density at radius 1 is 1.29 bits per heavy atom. The van der Waals surface area contributed by atoms with Crippen molar-refractivity contribution in [2.45, 2.75) is 70.9 Å². The molecule has 1 heterocycles. The maximum absolute atomic E-state index is 12.0. The second-order valence-corrected chi connectivity index (χ2v) is 7.38. The van der Waals surface area contributed by atoms with Gasteiger partial charge in [-0.1, -0.05) is 12.8 Å². The lowest BCUT2D eigenvalue weighted by Crippen LogP contribution is -2.33. The van der Waals surface area contributed by atoms with Crippen molar-refractivity contribution >= 4 is 5.91 Å². The number of carbonyl (C=O) groups is 1. The van der Waals surface area contributed by atoms with Gasteiger partial charge in [0, 0.05) is 31.6 Å². The van der Waals surface area contributed by atoms with Gasteiger partial charge in [0.05, 0.1) is 0 Å². The van der Waals surface area contributed by atoms with E-state index in [4.69, 9.17) is 5.73 Å². The smallest absolute Gasteiger partial charge is 0.220 e. The number of rotatable bonds is 6. The van der Waals surface area contributed by atoms with Crippen molar-refractivity contribution in [1.82, 2.24) is 10.2 Å². The third kappa shape index (κ3) is 5.59. The number of nitrogens with zero attached hydrogens (tertiary/aromatic N) is 1. The summed E-state index contributed by atoms with van der Waals surface area (Å²) in [5, 5.41) is 3.14. The van der Waals surface area contributed by atoms with Crippen LogP contribution < -0.4 is 11.1 Å². The topological polar surface area (TPSA) is 58.4 Å². The van der Waals surface area contributed by atoms with Crippen LogP contribution in [0.5, 0.6) is 0 Å². The molecule has 21 heavy (non-hydrogen) atoms. The van der Waals surface area contributed by atoms with E-state index in [2.05, 4.69) is 24.1 Å². The van der Waals surface area contributed by atoms with Gasteiger partial charge in [-0.25, -0.2) is 0 Å². The predicted octanol–water partition coefficient (Wildman–Crippen LogP) is 2.13. The van der Waals surface area contributed by atoms with Crippen molar-refractivity contribution in [2.24, 2.45) is 17.6 Å². The molecule has 4 heteroatoms. The van der Waals surface area contributed by atoms with Crippen LogP contribution in [0.25, 0.3) is 0 Å². The fourth-order valence-corrected chi connectivity index (χ4v) is 3.77. The van der Waals surface area contributed by atoms with Crippen LogP contribution in [0.2, 0.25) is 0 Å². The zero-order valence-corrected chi connectivity index (χ0v) is 13.8. The Balaban J connectivity index is 1.57. The van der Waals surface area contributed by atoms with E-state index in [1.54, 1.807) is 0 Å². The average molecular weight is 295 g/mol. The molecule has 1 amide bonds. The first-order chi connectivity index (χ1) is 10.0. The van der Waals surface area contributed by atoms with Gasteiger partial charge in [-0.15, -0.1) is 0 Å². The highest BCUT2D eigenvalue weighted by Gasteiger charge is 2.24. The molecule has 122 valence electrons. The molecule has 3 unspecified atom stereocenters. The van der Waals surface area contributed by atoms with Crippen molar-refractivity contribution < 1.29 is 4.79 Å². The fourth-order valence-electron chi connectivity index (χ4n) is 3.77. The lowest BCUT2D eigenvalue weighted by atomic mass is 9.83. The van der Waals surface area contributed by atoms with Crippen LogP contribution in [-0.4, -0.2) is 42.5 Å². The average Bonchev–Trinajstić information content (AvgIpc) is 2.92. The van der Waals surface area contributed by atoms with Gasteiger partial charge in [-0.05, 0) is 57.9 Å². The highest BCUT2D eigenvalue weighted by Crippen LogP contribution is 2.26. The van der Waals surface area contributed by atoms with Crippen LogP contribution in [-0.2, 0) is 4.79 Å². The summed E-state index contributed by atoms with van der Waals surface area (Å²) in [6, 6.07) is 0.994. The van der Waals surface area contributed by atoms with Crippen LogP contribution in [0.4, 0.5) is 0 Å². The monoisotopic (exact) mass is 295 g/mol. The summed E-state index contributed by atoms with van der Waals surface area (Å²) in [6.07, 6.45) is 7.68. The van der Waals surface area contributed by atoms with Crippen molar-refractivity contribution in [3.8, 4) is 0 Å². The summed E-state index contributed by atoms with van der Waals surface area (Å²) in [5.41, 5.74) is 6.01. The summed E-state index contributed by atoms with van der Waals surface area (Å²) in [4.78, 5) is 14.5. The SMILES string of the molecule is CC(C)N1CCC(CNC(=O)CCC2CCCC(N)C2)C1. The molecule has 4 nitrogen and oxygen atoms in total. The molecular formula is C17H33N3O. The van der Waals surface area contributed by atoms with Gasteiger partial charge in [0.25, 0.3) is 0 Å². The van der Waals surface area contributed by atoms with Gasteiger partial charge in [0.15, 0.2) is 0 Å². The molecule has 2 fully saturated rings. The van der Waals surface area contributed by atoms with E-state index < -0.39 is 0 Å². The minimum atomic E-state index is 0.233. The van der Waals surface area contributed by atoms with E-state index in [1.165, 1.54) is 25.8 Å². The molecule has 3 N–H and O–H groups in total. The normalized spacial score (nSPS) is 30.8. The molecule has 0 bridgehead atoms. The Labute approximate surface area is 129 Å². The van der Waals surface area contributed by atoms with Gasteiger partial charge in [0.2, 0.25) is 5.91 Å². The quantitative estimate of drug-likeness (QED) is 0.789. The molecule has 0 radical (unpaired) electrons. The third-order valence-corrected chi connectivity index (χ3v) is 5.24. The van der Waals surface area contributed by atoms with E-state index in [0.29, 0.717) is 30.3 Å². The Kier molecular flexibility index (Phi) is 6.49. The van der Waals surface area contributed by atoms with Crippen LogP contribution in [0, 0.1) is 11.8 Å². The summed E-state index contributed by atoms with van der Waals surface area (Å²) in [5.74, 6) is 1.54. The summed E-state index contributed by atoms with van der Waals surface area (Å²) >= 11 is 0. The van der Waals surface area contributed by atoms with E-state index in [0.717, 1.165) is 32.4 Å². The molecule has 1 saturated heterocycles. The van der Waals surface area contributed by atoms with E-state index >= 15 is 0 Å². The van der Waals surface area contributed by atoms with E-state index in [-0.39, 0.29) is 5.91 Å². The minimum absolute atomic E-state index is 0.233. The number of hydrogen-bond acceptors (Lipinski definition) is 3. The Morgan fingerprint density at radius 2 is 2.10 bits per heavy atom. The molecule has 1 aliphatic carbocycles. The number of nitrogens with one attached hydrogen (secondary N) is 1. The summed E-state index contributed by atoms with van der Waals surface area (Å²) < 4.78 is 0. The number of carbonyl (C=O) groups excluding carboxylic acids is 1. The predicted molar refractivity (Wildman–Crippen MR) is 87.0 cm³/mol. The molecule has 1 saturated carbocycles. The van der Waals surface area contributed by atoms with Gasteiger partial charge < -0.3 is 16.0 Å². The van der Waals surface area contributed by atoms with Gasteiger partial charge >= 0.3 is 0 Å². The Bertz CT molecular complexity index is 332. The molecule has 0 aromatic rings. The first-order valence-corrected chi connectivity index (χ1v) is 8.81. The van der Waals surface area contributed by atoms with Crippen molar-refractivity contribution in [1.29, 1.82) is 0 Å². The molecule has 2 rings (SSSR count). The first-order valence-electron chi connectivity index (χ1n) is 8.81. The second kappa shape index (κ2) is 8.14. The standard InChI is InChI=1S/C17H33N3O/c1-13(2)20-9-8-15(12-20)11-19-17(21)7-6-14-4-3-5-16(18)10-14/h13-16H,3-12,18H2,1-2H3,(H,19,21). The highest BCUT2D eigenvalue weighted by molar-refractivity contribution is 5.75. The zero-order valence-electron chi connectivity index (χ0n) is 13.8. The molecule has 0 aromatic carbocycles. The van der Waals surface area contributed by atoms with Crippen molar-refractivity contribution in [2.75, 3.05) is 19.6 Å². The molecule has 3 atom stereocenters. The molecule has 0 spiro atoms. The van der Waals surface area contributed by atoms with Gasteiger partial charge in [-0.2, -0.15) is 0 Å². The van der Waals surface area contributed by atoms with Crippen LogP contribution in [0.3, 0.4) is 0 Å². The molecule has 1 aliphatic heterocycles. The number of amides is 1. The lowest BCUT2D eigenvalue weighted by Gasteiger charge is -2.26. The number of hydrogen-bond donors (Lipinski definition) is 2. The molecule has 2 aliphatic rings. The van der Waals surface area contributed by atoms with Crippen LogP contribution >= 0.6 is 0 Å². The highest BCUT2D eigenvalue weighted by atomic mass is 16.1. The van der Waals surface area contributed by atoms with E-state index in [9.17, 15) is 4.79 Å². The van der Waals surface area contributed by atoms with Crippen LogP contribution in [0.1, 0.15) is 58.8 Å². The fraction of sp³-hybridized carbons (Fsp3) is 0.941. The maximum Gasteiger partial charge on any atom is 0.220 e. The van der Waals surface area contributed by atoms with E-state index in [1.807, 2.05) is 0 Å². The second-order valence-electron chi connectivity index (χ2n) is 7.38. The van der Waals surface area contributed by atoms with Crippen LogP contribution in [0.15, 0.2) is 0 Å². The summed E-state index contributed by atoms with van der Waals surface area (Å²) in [7, 11) is 0. The summed E-state index contributed by atoms with van der Waals surface area (Å²) in [6.45, 7) is 7.66. The Morgan fingerprint density at radius 3 is 2.76 bits per heavy atom. The van der Waals surface area contributed by atoms with Gasteiger partial charge in [0.1, 0.15) is 0 Å². The lowest BCUT2D eigenvalue weighted by molar-refractivity contribution is -0.121. The largest absolute Gasteiger partial charge is 0.356 e. The van der Waals surface area contributed by atoms with Gasteiger partial charge in [-0.3, -0.25) is 4.79 Å². The number of likely N-dealkylation sites (tertiary alicyclic amines) is 1. The molecular weight excluding hydrogens is 262 g/mol. The maximum atomic E-state index is 12.0. The number of nitrogens with two attached hydrogens (primary N) is 1. The first kappa shape index (κ1) is 16.8. The molecule has 0 aromatic heterocycles. The van der Waals surface area contributed by atoms with Crippen molar-refractivity contribution in [3.05, 3.63) is 0 Å².